The van der Waals surface area contributed by atoms with Gasteiger partial charge < -0.3 is 10.2 Å². The second-order valence-corrected chi connectivity index (χ2v) is 3.20. The van der Waals surface area contributed by atoms with Gasteiger partial charge in [0.15, 0.2) is 0 Å². The van der Waals surface area contributed by atoms with Gasteiger partial charge in [0, 0.05) is 0 Å². The molecule has 2 N–H and O–H groups in total. The van der Waals surface area contributed by atoms with Crippen molar-refractivity contribution >= 4 is 0 Å². The monoisotopic (exact) mass is 158 g/mol. The lowest BCUT2D eigenvalue weighted by atomic mass is 9.92. The Morgan fingerprint density at radius 1 is 1.27 bits per heavy atom. The molecule has 11 heavy (non-hydrogen) atoms. The van der Waals surface area contributed by atoms with E-state index in [0.717, 1.165) is 0 Å². The van der Waals surface area contributed by atoms with Gasteiger partial charge in [-0.3, -0.25) is 0 Å². The summed E-state index contributed by atoms with van der Waals surface area (Å²) in [5, 5.41) is 17.9. The van der Waals surface area contributed by atoms with Crippen LogP contribution in [-0.2, 0) is 0 Å². The Kier molecular flexibility index (Phi) is 5.16. The molecule has 0 aromatic rings. The van der Waals surface area contributed by atoms with Crippen LogP contribution >= 0.6 is 0 Å². The molecular formula is C9H18O2. The van der Waals surface area contributed by atoms with E-state index in [2.05, 4.69) is 13.8 Å². The van der Waals surface area contributed by atoms with Gasteiger partial charge in [0.2, 0.25) is 0 Å². The molecule has 0 spiro atoms. The van der Waals surface area contributed by atoms with Gasteiger partial charge in [-0.15, -0.1) is 0 Å². The molecule has 0 aromatic heterocycles. The molecule has 0 amide bonds. The fourth-order valence-electron chi connectivity index (χ4n) is 0.770. The molecule has 0 aliphatic rings. The van der Waals surface area contributed by atoms with Crippen LogP contribution in [0.1, 0.15) is 20.8 Å². The topological polar surface area (TPSA) is 40.5 Å². The summed E-state index contributed by atoms with van der Waals surface area (Å²) < 4.78 is 0. The number of aliphatic hydroxyl groups excluding tert-OH is 2. The number of hydrogen-bond donors (Lipinski definition) is 2. The number of rotatable bonds is 4. The van der Waals surface area contributed by atoms with E-state index < -0.39 is 6.10 Å². The third-order valence-electron chi connectivity index (χ3n) is 2.03. The van der Waals surface area contributed by atoms with Gasteiger partial charge >= 0.3 is 0 Å². The Morgan fingerprint density at radius 3 is 2.18 bits per heavy atom. The maximum atomic E-state index is 9.42. The van der Waals surface area contributed by atoms with Crippen molar-refractivity contribution in [3.8, 4) is 0 Å². The molecule has 0 saturated heterocycles. The van der Waals surface area contributed by atoms with E-state index in [1.165, 1.54) is 0 Å². The van der Waals surface area contributed by atoms with Crippen molar-refractivity contribution in [3.63, 3.8) is 0 Å². The summed E-state index contributed by atoms with van der Waals surface area (Å²) in [5.74, 6) is 0.714. The molecule has 0 bridgehead atoms. The normalized spacial score (nSPS) is 17.6. The van der Waals surface area contributed by atoms with Gasteiger partial charge in [0.1, 0.15) is 0 Å². The fourth-order valence-corrected chi connectivity index (χ4v) is 0.770. The van der Waals surface area contributed by atoms with E-state index in [9.17, 15) is 5.11 Å². The summed E-state index contributed by atoms with van der Waals surface area (Å²) in [7, 11) is 0. The van der Waals surface area contributed by atoms with Crippen molar-refractivity contribution < 1.29 is 10.2 Å². The largest absolute Gasteiger partial charge is 0.392 e. The van der Waals surface area contributed by atoms with E-state index in [1.54, 1.807) is 12.2 Å². The van der Waals surface area contributed by atoms with Gasteiger partial charge in [-0.05, 0) is 11.8 Å². The number of aliphatic hydroxyl groups is 2. The van der Waals surface area contributed by atoms with E-state index in [-0.39, 0.29) is 12.5 Å². The molecule has 66 valence electrons. The van der Waals surface area contributed by atoms with Gasteiger partial charge in [0.05, 0.1) is 12.7 Å². The molecule has 2 nitrogen and oxygen atoms in total. The fraction of sp³-hybridized carbons (Fsp3) is 0.778. The smallest absolute Gasteiger partial charge is 0.0749 e. The second-order valence-electron chi connectivity index (χ2n) is 3.20. The summed E-state index contributed by atoms with van der Waals surface area (Å²) in [6.07, 6.45) is 2.79. The Hall–Kier alpha value is -0.340. The summed E-state index contributed by atoms with van der Waals surface area (Å²) >= 11 is 0. The van der Waals surface area contributed by atoms with Gasteiger partial charge in [0.25, 0.3) is 0 Å². The van der Waals surface area contributed by atoms with Crippen LogP contribution in [0.25, 0.3) is 0 Å². The Bertz CT molecular complexity index is 119. The standard InChI is InChI=1S/C9H18O2/c1-7(2)8(3)9(11)5-4-6-10/h4-5,7-11H,6H2,1-3H3/b5-4+/t8-,9-/m1/s1. The molecule has 0 aromatic carbocycles. The minimum atomic E-state index is -0.429. The van der Waals surface area contributed by atoms with Crippen molar-refractivity contribution in [3.05, 3.63) is 12.2 Å². The highest BCUT2D eigenvalue weighted by Crippen LogP contribution is 2.14. The van der Waals surface area contributed by atoms with Crippen LogP contribution in [0.3, 0.4) is 0 Å². The molecule has 0 radical (unpaired) electrons. The van der Waals surface area contributed by atoms with Crippen LogP contribution in [0, 0.1) is 11.8 Å². The summed E-state index contributed by atoms with van der Waals surface area (Å²) in [6.45, 7) is 6.14. The third kappa shape index (κ3) is 4.17. The molecule has 0 heterocycles. The zero-order valence-electron chi connectivity index (χ0n) is 7.49. The van der Waals surface area contributed by atoms with Gasteiger partial charge in [-0.1, -0.05) is 32.9 Å². The van der Waals surface area contributed by atoms with Crippen LogP contribution < -0.4 is 0 Å². The van der Waals surface area contributed by atoms with E-state index >= 15 is 0 Å². The highest BCUT2D eigenvalue weighted by Gasteiger charge is 2.13. The molecule has 2 atom stereocenters. The Balaban J connectivity index is 3.81. The predicted octanol–water partition coefficient (Wildman–Crippen LogP) is 1.19. The minimum absolute atomic E-state index is 0.00186. The Labute approximate surface area is 68.6 Å². The minimum Gasteiger partial charge on any atom is -0.392 e. The lowest BCUT2D eigenvalue weighted by Gasteiger charge is -2.18. The summed E-state index contributed by atoms with van der Waals surface area (Å²) in [4.78, 5) is 0. The lowest BCUT2D eigenvalue weighted by Crippen LogP contribution is -2.19. The van der Waals surface area contributed by atoms with Crippen LogP contribution in [0.2, 0.25) is 0 Å². The molecule has 0 unspecified atom stereocenters. The molecule has 0 saturated carbocycles. The third-order valence-corrected chi connectivity index (χ3v) is 2.03. The average molecular weight is 158 g/mol. The quantitative estimate of drug-likeness (QED) is 0.603. The second kappa shape index (κ2) is 5.33. The maximum absolute atomic E-state index is 9.42. The van der Waals surface area contributed by atoms with Crippen molar-refractivity contribution in [2.45, 2.75) is 26.9 Å². The number of hydrogen-bond acceptors (Lipinski definition) is 2. The average Bonchev–Trinajstić information content (AvgIpc) is 1.98. The maximum Gasteiger partial charge on any atom is 0.0749 e. The summed E-state index contributed by atoms with van der Waals surface area (Å²) in [6, 6.07) is 0. The molecule has 0 fully saturated rings. The first-order chi connectivity index (χ1) is 5.09. The first-order valence-corrected chi connectivity index (χ1v) is 4.05. The zero-order valence-corrected chi connectivity index (χ0v) is 7.49. The first-order valence-electron chi connectivity index (χ1n) is 4.05. The van der Waals surface area contributed by atoms with Crippen LogP contribution in [0.15, 0.2) is 12.2 Å². The van der Waals surface area contributed by atoms with Crippen molar-refractivity contribution in [1.82, 2.24) is 0 Å². The van der Waals surface area contributed by atoms with E-state index in [4.69, 9.17) is 5.11 Å². The molecule has 0 aliphatic heterocycles. The van der Waals surface area contributed by atoms with E-state index in [0.29, 0.717) is 5.92 Å². The van der Waals surface area contributed by atoms with Crippen molar-refractivity contribution in [2.75, 3.05) is 6.61 Å². The molecule has 0 rings (SSSR count). The van der Waals surface area contributed by atoms with Crippen LogP contribution in [0.5, 0.6) is 0 Å². The van der Waals surface area contributed by atoms with E-state index in [1.807, 2.05) is 6.92 Å². The zero-order chi connectivity index (χ0) is 8.85. The predicted molar refractivity (Wildman–Crippen MR) is 46.2 cm³/mol. The van der Waals surface area contributed by atoms with Gasteiger partial charge in [-0.25, -0.2) is 0 Å². The molecule has 0 aliphatic carbocycles. The van der Waals surface area contributed by atoms with Crippen LogP contribution in [-0.4, -0.2) is 22.9 Å². The Morgan fingerprint density at radius 2 is 1.82 bits per heavy atom. The SMILES string of the molecule is CC(C)[C@@H](C)[C@H](O)/C=C/CO. The van der Waals surface area contributed by atoms with Gasteiger partial charge in [-0.2, -0.15) is 0 Å². The molecular weight excluding hydrogens is 140 g/mol. The summed E-state index contributed by atoms with van der Waals surface area (Å²) in [5.41, 5.74) is 0. The lowest BCUT2D eigenvalue weighted by molar-refractivity contribution is 0.133. The van der Waals surface area contributed by atoms with Crippen LogP contribution in [0.4, 0.5) is 0 Å². The van der Waals surface area contributed by atoms with Crippen molar-refractivity contribution in [2.24, 2.45) is 11.8 Å². The highest BCUT2D eigenvalue weighted by molar-refractivity contribution is 4.91. The first kappa shape index (κ1) is 10.7. The highest BCUT2D eigenvalue weighted by atomic mass is 16.3. The molecule has 2 heteroatoms. The van der Waals surface area contributed by atoms with Crippen molar-refractivity contribution in [1.29, 1.82) is 0 Å².